The molecule has 0 aliphatic rings. The van der Waals surface area contributed by atoms with Crippen LogP contribution in [-0.4, -0.2) is 55.2 Å². The van der Waals surface area contributed by atoms with Gasteiger partial charge in [-0.3, -0.25) is 0 Å². The Morgan fingerprint density at radius 2 is 1.79 bits per heavy atom. The summed E-state index contributed by atoms with van der Waals surface area (Å²) in [4.78, 5) is 6.96. The summed E-state index contributed by atoms with van der Waals surface area (Å²) in [6, 6.07) is 9.68. The number of aliphatic hydroxyl groups is 1. The summed E-state index contributed by atoms with van der Waals surface area (Å²) in [7, 11) is 0. The van der Waals surface area contributed by atoms with E-state index in [1.54, 1.807) is 6.92 Å². The normalized spacial score (nSPS) is 14.5. The molecule has 0 spiro atoms. The van der Waals surface area contributed by atoms with Gasteiger partial charge in [0.15, 0.2) is 5.96 Å². The number of hydrogen-bond acceptors (Lipinski definition) is 3. The van der Waals surface area contributed by atoms with Crippen molar-refractivity contribution in [1.29, 1.82) is 0 Å². The number of rotatable bonds is 10. The molecule has 5 heteroatoms. The van der Waals surface area contributed by atoms with Gasteiger partial charge < -0.3 is 20.6 Å². The van der Waals surface area contributed by atoms with E-state index in [4.69, 9.17) is 0 Å². The second kappa shape index (κ2) is 11.0. The summed E-state index contributed by atoms with van der Waals surface area (Å²) in [5, 5.41) is 17.2. The van der Waals surface area contributed by atoms with E-state index in [9.17, 15) is 5.11 Å². The van der Waals surface area contributed by atoms with E-state index in [0.717, 1.165) is 50.7 Å². The van der Waals surface area contributed by atoms with Crippen LogP contribution in [0.25, 0.3) is 0 Å². The molecule has 0 saturated carbocycles. The Balaban J connectivity index is 2.53. The van der Waals surface area contributed by atoms with Gasteiger partial charge in [0.1, 0.15) is 5.60 Å². The van der Waals surface area contributed by atoms with Crippen LogP contribution in [0.15, 0.2) is 35.3 Å². The van der Waals surface area contributed by atoms with E-state index >= 15 is 0 Å². The van der Waals surface area contributed by atoms with E-state index in [1.807, 2.05) is 37.3 Å². The Bertz CT molecular complexity index is 470. The van der Waals surface area contributed by atoms with Crippen LogP contribution in [0.5, 0.6) is 0 Å². The van der Waals surface area contributed by atoms with Crippen molar-refractivity contribution in [2.45, 2.75) is 39.7 Å². The molecule has 0 aliphatic carbocycles. The highest BCUT2D eigenvalue weighted by molar-refractivity contribution is 5.79. The molecule has 0 amide bonds. The monoisotopic (exact) mass is 334 g/mol. The van der Waals surface area contributed by atoms with Gasteiger partial charge in [0.25, 0.3) is 0 Å². The van der Waals surface area contributed by atoms with Crippen molar-refractivity contribution in [3.05, 3.63) is 35.9 Å². The Morgan fingerprint density at radius 1 is 1.12 bits per heavy atom. The molecule has 1 unspecified atom stereocenters. The van der Waals surface area contributed by atoms with E-state index in [0.29, 0.717) is 6.54 Å². The average Bonchev–Trinajstić information content (AvgIpc) is 2.60. The second-order valence-electron chi connectivity index (χ2n) is 6.14. The fourth-order valence-electron chi connectivity index (χ4n) is 2.51. The molecule has 1 atom stereocenters. The predicted molar refractivity (Wildman–Crippen MR) is 102 cm³/mol. The first-order valence-corrected chi connectivity index (χ1v) is 9.05. The molecule has 0 bridgehead atoms. The van der Waals surface area contributed by atoms with Crippen molar-refractivity contribution in [3.63, 3.8) is 0 Å². The maximum Gasteiger partial charge on any atom is 0.191 e. The van der Waals surface area contributed by atoms with Gasteiger partial charge >= 0.3 is 0 Å². The number of nitrogens with zero attached hydrogens (tertiary/aromatic N) is 2. The molecule has 136 valence electrons. The lowest BCUT2D eigenvalue weighted by molar-refractivity contribution is 0.0672. The minimum Gasteiger partial charge on any atom is -0.384 e. The third-order valence-electron chi connectivity index (χ3n) is 4.12. The topological polar surface area (TPSA) is 59.9 Å². The van der Waals surface area contributed by atoms with Crippen molar-refractivity contribution in [3.8, 4) is 0 Å². The van der Waals surface area contributed by atoms with Crippen LogP contribution in [-0.2, 0) is 5.60 Å². The van der Waals surface area contributed by atoms with Crippen LogP contribution in [0.1, 0.15) is 39.7 Å². The lowest BCUT2D eigenvalue weighted by Gasteiger charge is -2.23. The molecule has 1 aromatic rings. The summed E-state index contributed by atoms with van der Waals surface area (Å²) < 4.78 is 0. The van der Waals surface area contributed by atoms with Crippen LogP contribution in [0.2, 0.25) is 0 Å². The first-order chi connectivity index (χ1) is 11.5. The highest BCUT2D eigenvalue weighted by atomic mass is 16.3. The van der Waals surface area contributed by atoms with Gasteiger partial charge in [-0.1, -0.05) is 44.2 Å². The molecule has 0 fully saturated rings. The first-order valence-electron chi connectivity index (χ1n) is 9.05. The van der Waals surface area contributed by atoms with Gasteiger partial charge in [-0.05, 0) is 45.5 Å². The molecule has 0 heterocycles. The van der Waals surface area contributed by atoms with Crippen LogP contribution in [0.3, 0.4) is 0 Å². The lowest BCUT2D eigenvalue weighted by atomic mass is 9.96. The number of nitrogens with one attached hydrogen (secondary N) is 2. The highest BCUT2D eigenvalue weighted by Crippen LogP contribution is 2.20. The van der Waals surface area contributed by atoms with Crippen molar-refractivity contribution in [2.75, 3.05) is 39.3 Å². The third-order valence-corrected chi connectivity index (χ3v) is 4.12. The summed E-state index contributed by atoms with van der Waals surface area (Å²) in [6.45, 7) is 13.5. The van der Waals surface area contributed by atoms with Crippen LogP contribution in [0, 0.1) is 0 Å². The molecule has 0 saturated heterocycles. The first kappa shape index (κ1) is 20.5. The van der Waals surface area contributed by atoms with Gasteiger partial charge in [-0.25, -0.2) is 4.99 Å². The van der Waals surface area contributed by atoms with E-state index < -0.39 is 5.60 Å². The molecule has 0 aromatic heterocycles. The summed E-state index contributed by atoms with van der Waals surface area (Å²) in [5.41, 5.74) is -0.0868. The highest BCUT2D eigenvalue weighted by Gasteiger charge is 2.22. The summed E-state index contributed by atoms with van der Waals surface area (Å²) >= 11 is 0. The maximum absolute atomic E-state index is 10.6. The Morgan fingerprint density at radius 3 is 2.38 bits per heavy atom. The zero-order chi connectivity index (χ0) is 17.8. The van der Waals surface area contributed by atoms with E-state index in [-0.39, 0.29) is 0 Å². The second-order valence-corrected chi connectivity index (χ2v) is 6.14. The largest absolute Gasteiger partial charge is 0.384 e. The molecular formula is C19H34N4O. The summed E-state index contributed by atoms with van der Waals surface area (Å²) in [5.74, 6) is 0.758. The molecule has 3 N–H and O–H groups in total. The number of aliphatic imine (C=N–C) groups is 1. The predicted octanol–water partition coefficient (Wildman–Crippen LogP) is 2.18. The Kier molecular flexibility index (Phi) is 9.42. The van der Waals surface area contributed by atoms with E-state index in [2.05, 4.69) is 34.4 Å². The number of guanidine groups is 1. The van der Waals surface area contributed by atoms with Crippen molar-refractivity contribution in [2.24, 2.45) is 4.99 Å². The van der Waals surface area contributed by atoms with Crippen molar-refractivity contribution in [1.82, 2.24) is 15.5 Å². The van der Waals surface area contributed by atoms with Gasteiger partial charge in [0.05, 0.1) is 6.54 Å². The SMILES string of the molecule is CCNC(=NCC(C)(O)c1ccccc1)NCCCN(CC)CC. The zero-order valence-corrected chi connectivity index (χ0v) is 15.7. The summed E-state index contributed by atoms with van der Waals surface area (Å²) in [6.07, 6.45) is 1.07. The molecule has 1 aromatic carbocycles. The molecule has 5 nitrogen and oxygen atoms in total. The Hall–Kier alpha value is -1.59. The minimum absolute atomic E-state index is 0.322. The van der Waals surface area contributed by atoms with Crippen LogP contribution >= 0.6 is 0 Å². The third kappa shape index (κ3) is 7.32. The van der Waals surface area contributed by atoms with Gasteiger partial charge in [-0.15, -0.1) is 0 Å². The van der Waals surface area contributed by atoms with Gasteiger partial charge in [0.2, 0.25) is 0 Å². The fourth-order valence-corrected chi connectivity index (χ4v) is 2.51. The lowest BCUT2D eigenvalue weighted by Crippen LogP contribution is -2.40. The fraction of sp³-hybridized carbons (Fsp3) is 0.632. The van der Waals surface area contributed by atoms with Crippen molar-refractivity contribution >= 4 is 5.96 Å². The minimum atomic E-state index is -0.967. The van der Waals surface area contributed by atoms with Gasteiger partial charge in [-0.2, -0.15) is 0 Å². The average molecular weight is 335 g/mol. The van der Waals surface area contributed by atoms with Crippen molar-refractivity contribution < 1.29 is 5.11 Å². The maximum atomic E-state index is 10.6. The molecule has 24 heavy (non-hydrogen) atoms. The van der Waals surface area contributed by atoms with Crippen LogP contribution < -0.4 is 10.6 Å². The molecular weight excluding hydrogens is 300 g/mol. The zero-order valence-electron chi connectivity index (χ0n) is 15.7. The molecule has 0 aliphatic heterocycles. The quantitative estimate of drug-likeness (QED) is 0.349. The van der Waals surface area contributed by atoms with Crippen LogP contribution in [0.4, 0.5) is 0 Å². The molecule has 1 rings (SSSR count). The smallest absolute Gasteiger partial charge is 0.191 e. The van der Waals surface area contributed by atoms with E-state index in [1.165, 1.54) is 0 Å². The molecule has 0 radical (unpaired) electrons. The standard InChI is InChI=1S/C19H34N4O/c1-5-20-18(21-14-11-15-23(6-2)7-3)22-16-19(4,24)17-12-9-8-10-13-17/h8-10,12-13,24H,5-7,11,14-16H2,1-4H3,(H2,20,21,22). The van der Waals surface area contributed by atoms with Gasteiger partial charge in [0, 0.05) is 13.1 Å². The number of benzene rings is 1. The Labute approximate surface area is 147 Å². The number of hydrogen-bond donors (Lipinski definition) is 3.